The first-order valence-electron chi connectivity index (χ1n) is 2.47. The molecule has 1 unspecified atom stereocenters. The first-order valence-corrected chi connectivity index (χ1v) is 2.47. The van der Waals surface area contributed by atoms with E-state index in [1.807, 2.05) is 0 Å². The quantitative estimate of drug-likeness (QED) is 0.518. The molecule has 10 heavy (non-hydrogen) atoms. The number of halogens is 5. The molecule has 0 N–H and O–H groups in total. The Kier molecular flexibility index (Phi) is 2.28. The summed E-state index contributed by atoms with van der Waals surface area (Å²) in [5, 5.41) is 0. The highest BCUT2D eigenvalue weighted by Gasteiger charge is 2.59. The average molecular weight is 161 g/mol. The fraction of sp³-hybridized carbons (Fsp3) is 0.800. The number of hydrogen-bond donors (Lipinski definition) is 0. The van der Waals surface area contributed by atoms with E-state index in [2.05, 4.69) is 6.92 Å². The predicted octanol–water partition coefficient (Wildman–Crippen LogP) is 2.65. The van der Waals surface area contributed by atoms with Crippen LogP contribution >= 0.6 is 0 Å². The minimum Gasteiger partial charge on any atom is -0.196 e. The van der Waals surface area contributed by atoms with Crippen LogP contribution in [0.3, 0.4) is 0 Å². The van der Waals surface area contributed by atoms with Gasteiger partial charge >= 0.3 is 12.1 Å². The molecule has 0 bridgehead atoms. The molecule has 0 aliphatic rings. The lowest BCUT2D eigenvalue weighted by Gasteiger charge is -2.22. The molecule has 1 radical (unpaired) electrons. The van der Waals surface area contributed by atoms with E-state index >= 15 is 0 Å². The van der Waals surface area contributed by atoms with Crippen LogP contribution in [0.1, 0.15) is 6.92 Å². The Morgan fingerprint density at radius 1 is 1.10 bits per heavy atom. The van der Waals surface area contributed by atoms with Crippen molar-refractivity contribution in [2.45, 2.75) is 19.0 Å². The molecule has 0 rings (SSSR count). The van der Waals surface area contributed by atoms with Crippen molar-refractivity contribution in [1.29, 1.82) is 0 Å². The molecule has 0 amide bonds. The maximum Gasteiger partial charge on any atom is 0.453 e. The average Bonchev–Trinajstić information content (AvgIpc) is 1.62. The van der Waals surface area contributed by atoms with Crippen LogP contribution in [0.4, 0.5) is 22.0 Å². The lowest BCUT2D eigenvalue weighted by atomic mass is 10.1. The van der Waals surface area contributed by atoms with Gasteiger partial charge in [-0.25, -0.2) is 0 Å². The van der Waals surface area contributed by atoms with Gasteiger partial charge in [0.15, 0.2) is 0 Å². The standard InChI is InChI=1S/C5H6F5/c1-3(2)4(6,7)5(8,9)10/h3H,1H2,2H3. The van der Waals surface area contributed by atoms with Gasteiger partial charge in [-0.05, 0) is 6.92 Å². The van der Waals surface area contributed by atoms with Crippen LogP contribution < -0.4 is 0 Å². The molecule has 0 nitrogen and oxygen atoms in total. The fourth-order valence-electron chi connectivity index (χ4n) is 0.279. The van der Waals surface area contributed by atoms with Crippen molar-refractivity contribution >= 4 is 0 Å². The Labute approximate surface area is 55.0 Å². The van der Waals surface area contributed by atoms with Crippen molar-refractivity contribution in [3.05, 3.63) is 6.92 Å². The van der Waals surface area contributed by atoms with E-state index in [1.54, 1.807) is 0 Å². The van der Waals surface area contributed by atoms with Crippen LogP contribution in [0.2, 0.25) is 0 Å². The first kappa shape index (κ1) is 9.65. The van der Waals surface area contributed by atoms with Gasteiger partial charge in [0.2, 0.25) is 0 Å². The van der Waals surface area contributed by atoms with Crippen LogP contribution in [0.5, 0.6) is 0 Å². The number of hydrogen-bond acceptors (Lipinski definition) is 0. The van der Waals surface area contributed by atoms with Gasteiger partial charge in [0.1, 0.15) is 0 Å². The Balaban J connectivity index is 4.40. The summed E-state index contributed by atoms with van der Waals surface area (Å²) in [6.07, 6.45) is -5.48. The molecule has 0 saturated carbocycles. The third-order valence-electron chi connectivity index (χ3n) is 0.997. The Bertz CT molecular complexity index is 112. The molecule has 0 fully saturated rings. The SMILES string of the molecule is [CH2]C(C)C(F)(F)C(F)(F)F. The van der Waals surface area contributed by atoms with Gasteiger partial charge in [0.05, 0.1) is 0 Å². The topological polar surface area (TPSA) is 0 Å². The van der Waals surface area contributed by atoms with E-state index in [1.165, 1.54) is 0 Å². The molecule has 0 aliphatic carbocycles. The molecular weight excluding hydrogens is 155 g/mol. The van der Waals surface area contributed by atoms with E-state index in [0.29, 0.717) is 6.92 Å². The van der Waals surface area contributed by atoms with E-state index in [-0.39, 0.29) is 0 Å². The molecule has 0 heterocycles. The summed E-state index contributed by atoms with van der Waals surface area (Å²) >= 11 is 0. The maximum absolute atomic E-state index is 11.9. The van der Waals surface area contributed by atoms with Crippen LogP contribution in [-0.2, 0) is 0 Å². The second kappa shape index (κ2) is 2.36. The molecular formula is C5H6F5. The Morgan fingerprint density at radius 3 is 1.40 bits per heavy atom. The monoisotopic (exact) mass is 161 g/mol. The molecule has 5 heteroatoms. The Hall–Kier alpha value is -0.350. The zero-order chi connectivity index (χ0) is 8.58. The minimum absolute atomic E-state index is 0.716. The van der Waals surface area contributed by atoms with Gasteiger partial charge in [0, 0.05) is 5.92 Å². The van der Waals surface area contributed by atoms with Crippen molar-refractivity contribution in [1.82, 2.24) is 0 Å². The zero-order valence-electron chi connectivity index (χ0n) is 5.17. The van der Waals surface area contributed by atoms with E-state index in [4.69, 9.17) is 0 Å². The van der Waals surface area contributed by atoms with Crippen molar-refractivity contribution in [2.75, 3.05) is 0 Å². The van der Waals surface area contributed by atoms with Crippen LogP contribution in [0.25, 0.3) is 0 Å². The molecule has 1 atom stereocenters. The highest BCUT2D eigenvalue weighted by atomic mass is 19.4. The van der Waals surface area contributed by atoms with Crippen molar-refractivity contribution in [2.24, 2.45) is 5.92 Å². The second-order valence-electron chi connectivity index (χ2n) is 2.02. The zero-order valence-corrected chi connectivity index (χ0v) is 5.17. The van der Waals surface area contributed by atoms with Gasteiger partial charge < -0.3 is 0 Å². The normalized spacial score (nSPS) is 14.4. The van der Waals surface area contributed by atoms with Crippen molar-refractivity contribution < 1.29 is 22.0 Å². The highest BCUT2D eigenvalue weighted by Crippen LogP contribution is 2.40. The summed E-state index contributed by atoms with van der Waals surface area (Å²) in [5.74, 6) is -6.62. The molecule has 0 aromatic carbocycles. The summed E-state index contributed by atoms with van der Waals surface area (Å²) in [4.78, 5) is 0. The predicted molar refractivity (Wildman–Crippen MR) is 25.5 cm³/mol. The molecule has 0 spiro atoms. The van der Waals surface area contributed by atoms with Crippen molar-refractivity contribution in [3.63, 3.8) is 0 Å². The summed E-state index contributed by atoms with van der Waals surface area (Å²) in [6.45, 7) is 3.32. The van der Waals surface area contributed by atoms with Crippen LogP contribution in [-0.4, -0.2) is 12.1 Å². The first-order chi connectivity index (χ1) is 4.19. The molecule has 0 aliphatic heterocycles. The molecule has 0 saturated heterocycles. The third-order valence-corrected chi connectivity index (χ3v) is 0.997. The number of alkyl halides is 5. The molecule has 61 valence electrons. The largest absolute Gasteiger partial charge is 0.453 e. The van der Waals surface area contributed by atoms with Crippen LogP contribution in [0.15, 0.2) is 0 Å². The van der Waals surface area contributed by atoms with E-state index < -0.39 is 18.0 Å². The lowest BCUT2D eigenvalue weighted by Crippen LogP contribution is -2.41. The second-order valence-corrected chi connectivity index (χ2v) is 2.02. The molecule has 0 aromatic rings. The molecule has 0 aromatic heterocycles. The van der Waals surface area contributed by atoms with Gasteiger partial charge in [-0.15, -0.1) is 0 Å². The van der Waals surface area contributed by atoms with Crippen molar-refractivity contribution in [3.8, 4) is 0 Å². The summed E-state index contributed by atoms with van der Waals surface area (Å²) in [6, 6.07) is 0. The Morgan fingerprint density at radius 2 is 1.40 bits per heavy atom. The fourth-order valence-corrected chi connectivity index (χ4v) is 0.279. The lowest BCUT2D eigenvalue weighted by molar-refractivity contribution is -0.295. The number of rotatable bonds is 1. The highest BCUT2D eigenvalue weighted by molar-refractivity contribution is 4.82. The summed E-state index contributed by atoms with van der Waals surface area (Å²) < 4.78 is 57.6. The van der Waals surface area contributed by atoms with Gasteiger partial charge in [0.25, 0.3) is 0 Å². The van der Waals surface area contributed by atoms with E-state index in [9.17, 15) is 22.0 Å². The van der Waals surface area contributed by atoms with E-state index in [0.717, 1.165) is 0 Å². The maximum atomic E-state index is 11.9. The third kappa shape index (κ3) is 1.58. The van der Waals surface area contributed by atoms with Gasteiger partial charge in [-0.2, -0.15) is 22.0 Å². The summed E-state index contributed by atoms with van der Waals surface area (Å²) in [5.41, 5.74) is 0. The minimum atomic E-state index is -5.48. The van der Waals surface area contributed by atoms with Crippen LogP contribution in [0, 0.1) is 12.8 Å². The summed E-state index contributed by atoms with van der Waals surface area (Å²) in [7, 11) is 0. The van der Waals surface area contributed by atoms with Gasteiger partial charge in [-0.1, -0.05) is 6.92 Å². The smallest absolute Gasteiger partial charge is 0.196 e. The van der Waals surface area contributed by atoms with Gasteiger partial charge in [-0.3, -0.25) is 0 Å².